The maximum Gasteiger partial charge on any atom is 0.310 e. The van der Waals surface area contributed by atoms with Crippen molar-refractivity contribution in [3.05, 3.63) is 0 Å². The number of aliphatic carboxylic acids is 1. The van der Waals surface area contributed by atoms with Gasteiger partial charge in [0.05, 0.1) is 5.41 Å². The van der Waals surface area contributed by atoms with E-state index in [9.17, 15) is 9.59 Å². The van der Waals surface area contributed by atoms with Crippen LogP contribution in [0, 0.1) is 10.8 Å². The van der Waals surface area contributed by atoms with Crippen LogP contribution in [0.4, 0.5) is 0 Å². The zero-order chi connectivity index (χ0) is 8.70. The summed E-state index contributed by atoms with van der Waals surface area (Å²) in [6.45, 7) is 3.34. The summed E-state index contributed by atoms with van der Waals surface area (Å²) < 4.78 is 0. The van der Waals surface area contributed by atoms with Crippen LogP contribution in [-0.2, 0) is 9.59 Å². The normalized spacial score (nSPS) is 42.7. The summed E-state index contributed by atoms with van der Waals surface area (Å²) in [5, 5.41) is 8.80. The fourth-order valence-corrected chi connectivity index (χ4v) is 1.43. The number of carboxylic acids is 1. The minimum atomic E-state index is -0.863. The molecular weight excluding hydrogens is 144 g/mol. The van der Waals surface area contributed by atoms with Gasteiger partial charge in [-0.1, -0.05) is 6.92 Å². The van der Waals surface area contributed by atoms with Crippen molar-refractivity contribution in [2.45, 2.75) is 26.7 Å². The standard InChI is InChI=1S/C8H12O3/c1-7(5-9)3-4-8(7,2)6(10)11/h5H,3-4H2,1-2H3,(H,10,11)/t7-,8-/m1/s1. The maximum atomic E-state index is 10.7. The van der Waals surface area contributed by atoms with Gasteiger partial charge >= 0.3 is 5.97 Å². The van der Waals surface area contributed by atoms with E-state index in [0.29, 0.717) is 12.8 Å². The molecule has 0 aliphatic heterocycles. The van der Waals surface area contributed by atoms with E-state index in [1.165, 1.54) is 0 Å². The first kappa shape index (κ1) is 8.24. The Morgan fingerprint density at radius 1 is 1.45 bits per heavy atom. The molecule has 0 bridgehead atoms. The lowest BCUT2D eigenvalue weighted by atomic mass is 9.52. The van der Waals surface area contributed by atoms with Gasteiger partial charge in [0.2, 0.25) is 0 Å². The smallest absolute Gasteiger partial charge is 0.310 e. The first-order valence-corrected chi connectivity index (χ1v) is 3.66. The number of hydrogen-bond donors (Lipinski definition) is 1. The lowest BCUT2D eigenvalue weighted by Gasteiger charge is -2.49. The molecule has 2 atom stereocenters. The SMILES string of the molecule is C[C@]1(C=O)CC[C@]1(C)C(=O)O. The fraction of sp³-hybridized carbons (Fsp3) is 0.750. The predicted molar refractivity (Wildman–Crippen MR) is 39.1 cm³/mol. The van der Waals surface area contributed by atoms with E-state index in [0.717, 1.165) is 6.29 Å². The zero-order valence-electron chi connectivity index (χ0n) is 6.76. The third-order valence-corrected chi connectivity index (χ3v) is 3.14. The summed E-state index contributed by atoms with van der Waals surface area (Å²) in [5.41, 5.74) is -1.46. The van der Waals surface area contributed by atoms with Crippen LogP contribution >= 0.6 is 0 Å². The molecule has 0 aromatic rings. The zero-order valence-corrected chi connectivity index (χ0v) is 6.76. The van der Waals surface area contributed by atoms with Crippen molar-refractivity contribution in [2.75, 3.05) is 0 Å². The van der Waals surface area contributed by atoms with Crippen molar-refractivity contribution in [1.82, 2.24) is 0 Å². The molecule has 0 unspecified atom stereocenters. The van der Waals surface area contributed by atoms with Gasteiger partial charge < -0.3 is 9.90 Å². The third-order valence-electron chi connectivity index (χ3n) is 3.14. The van der Waals surface area contributed by atoms with Crippen LogP contribution in [0.1, 0.15) is 26.7 Å². The summed E-state index contributed by atoms with van der Waals surface area (Å²) in [5.74, 6) is -0.863. The van der Waals surface area contributed by atoms with Crippen LogP contribution < -0.4 is 0 Å². The Hall–Kier alpha value is -0.860. The molecule has 3 heteroatoms. The van der Waals surface area contributed by atoms with Crippen LogP contribution in [0.25, 0.3) is 0 Å². The number of aldehydes is 1. The van der Waals surface area contributed by atoms with E-state index in [-0.39, 0.29) is 0 Å². The molecule has 11 heavy (non-hydrogen) atoms. The monoisotopic (exact) mass is 156 g/mol. The molecule has 1 aliphatic rings. The molecule has 1 rings (SSSR count). The van der Waals surface area contributed by atoms with Gasteiger partial charge in [-0.3, -0.25) is 4.79 Å². The van der Waals surface area contributed by atoms with Crippen molar-refractivity contribution in [2.24, 2.45) is 10.8 Å². The second kappa shape index (κ2) is 2.06. The fourth-order valence-electron chi connectivity index (χ4n) is 1.43. The number of rotatable bonds is 2. The Morgan fingerprint density at radius 3 is 2.09 bits per heavy atom. The molecule has 1 saturated carbocycles. The van der Waals surface area contributed by atoms with E-state index >= 15 is 0 Å². The number of carboxylic acid groups (broad SMARTS) is 1. The first-order valence-electron chi connectivity index (χ1n) is 3.66. The summed E-state index contributed by atoms with van der Waals surface area (Å²) in [6.07, 6.45) is 2.07. The minimum Gasteiger partial charge on any atom is -0.481 e. The molecule has 3 nitrogen and oxygen atoms in total. The third kappa shape index (κ3) is 0.800. The van der Waals surface area contributed by atoms with Crippen molar-refractivity contribution in [1.29, 1.82) is 0 Å². The molecule has 0 aromatic carbocycles. The summed E-state index contributed by atoms with van der Waals surface area (Å²) in [7, 11) is 0. The number of carbonyl (C=O) groups excluding carboxylic acids is 1. The first-order chi connectivity index (χ1) is 4.96. The quantitative estimate of drug-likeness (QED) is 0.608. The van der Waals surface area contributed by atoms with Gasteiger partial charge in [0.15, 0.2) is 0 Å². The highest BCUT2D eigenvalue weighted by molar-refractivity contribution is 5.83. The summed E-state index contributed by atoms with van der Waals surface area (Å²) in [6, 6.07) is 0. The van der Waals surface area contributed by atoms with Crippen molar-refractivity contribution < 1.29 is 14.7 Å². The highest BCUT2D eigenvalue weighted by Gasteiger charge is 2.57. The average molecular weight is 156 g/mol. The lowest BCUT2D eigenvalue weighted by molar-refractivity contribution is -0.171. The van der Waals surface area contributed by atoms with Gasteiger partial charge in [-0.25, -0.2) is 0 Å². The van der Waals surface area contributed by atoms with Gasteiger partial charge in [-0.2, -0.15) is 0 Å². The van der Waals surface area contributed by atoms with E-state index < -0.39 is 16.8 Å². The van der Waals surface area contributed by atoms with Gasteiger partial charge in [0, 0.05) is 5.41 Å². The molecular formula is C8H12O3. The molecule has 0 heterocycles. The minimum absolute atomic E-state index is 0.609. The van der Waals surface area contributed by atoms with Crippen LogP contribution in [0.3, 0.4) is 0 Å². The molecule has 1 fully saturated rings. The Bertz CT molecular complexity index is 211. The van der Waals surface area contributed by atoms with Gasteiger partial charge in [0.1, 0.15) is 6.29 Å². The molecule has 0 radical (unpaired) electrons. The largest absolute Gasteiger partial charge is 0.481 e. The van der Waals surface area contributed by atoms with Crippen LogP contribution in [-0.4, -0.2) is 17.4 Å². The Morgan fingerprint density at radius 2 is 2.00 bits per heavy atom. The molecule has 0 amide bonds. The van der Waals surface area contributed by atoms with Crippen molar-refractivity contribution in [3.8, 4) is 0 Å². The van der Waals surface area contributed by atoms with Crippen molar-refractivity contribution in [3.63, 3.8) is 0 Å². The molecule has 1 N–H and O–H groups in total. The van der Waals surface area contributed by atoms with E-state index in [1.807, 2.05) is 0 Å². The number of carbonyl (C=O) groups is 2. The average Bonchev–Trinajstić information content (AvgIpc) is 1.99. The van der Waals surface area contributed by atoms with Crippen LogP contribution in [0.2, 0.25) is 0 Å². The molecule has 62 valence electrons. The maximum absolute atomic E-state index is 10.7. The van der Waals surface area contributed by atoms with Gasteiger partial charge in [-0.05, 0) is 19.8 Å². The van der Waals surface area contributed by atoms with Crippen molar-refractivity contribution >= 4 is 12.3 Å². The topological polar surface area (TPSA) is 54.4 Å². The van der Waals surface area contributed by atoms with E-state index in [4.69, 9.17) is 5.11 Å². The Balaban J connectivity index is 2.90. The highest BCUT2D eigenvalue weighted by atomic mass is 16.4. The van der Waals surface area contributed by atoms with Crippen LogP contribution in [0.15, 0.2) is 0 Å². The van der Waals surface area contributed by atoms with Crippen LogP contribution in [0.5, 0.6) is 0 Å². The van der Waals surface area contributed by atoms with E-state index in [2.05, 4.69) is 0 Å². The molecule has 0 aromatic heterocycles. The second-order valence-electron chi connectivity index (χ2n) is 3.67. The molecule has 1 aliphatic carbocycles. The van der Waals surface area contributed by atoms with Gasteiger partial charge in [-0.15, -0.1) is 0 Å². The highest BCUT2D eigenvalue weighted by Crippen LogP contribution is 2.55. The second-order valence-corrected chi connectivity index (χ2v) is 3.67. The number of hydrogen-bond acceptors (Lipinski definition) is 2. The lowest BCUT2D eigenvalue weighted by Crippen LogP contribution is -2.53. The summed E-state index contributed by atoms with van der Waals surface area (Å²) in [4.78, 5) is 21.3. The predicted octanol–water partition coefficient (Wildman–Crippen LogP) is 1.08. The molecule has 0 saturated heterocycles. The van der Waals surface area contributed by atoms with Gasteiger partial charge in [0.25, 0.3) is 0 Å². The Labute approximate surface area is 65.4 Å². The Kier molecular flexibility index (Phi) is 1.54. The molecule has 0 spiro atoms. The summed E-state index contributed by atoms with van der Waals surface area (Å²) >= 11 is 0. The van der Waals surface area contributed by atoms with E-state index in [1.54, 1.807) is 13.8 Å².